The van der Waals surface area contributed by atoms with E-state index in [9.17, 15) is 4.79 Å². The summed E-state index contributed by atoms with van der Waals surface area (Å²) in [5.41, 5.74) is 4.66. The van der Waals surface area contributed by atoms with Gasteiger partial charge < -0.3 is 5.32 Å². The Hall–Kier alpha value is -2.09. The Morgan fingerprint density at radius 3 is 1.92 bits per heavy atom. The standard InChI is InChI=1S/C24H27NO/c1-17(26)25-22-9-7-21(8-10-22)24-14-18-11-19(15-24)13-23(12-18,16-24)20-5-3-2-4-6-20/h2-10,18-19H,11-16H2,1H3,(H,25,26)/t18-,19+,23?,24?. The summed E-state index contributed by atoms with van der Waals surface area (Å²) in [6.45, 7) is 1.57. The van der Waals surface area contributed by atoms with Gasteiger partial charge >= 0.3 is 0 Å². The quantitative estimate of drug-likeness (QED) is 0.789. The molecule has 2 aromatic carbocycles. The van der Waals surface area contributed by atoms with Crippen molar-refractivity contribution >= 4 is 11.6 Å². The van der Waals surface area contributed by atoms with Crippen molar-refractivity contribution in [1.82, 2.24) is 0 Å². The lowest BCUT2D eigenvalue weighted by molar-refractivity contribution is -0.114. The Kier molecular flexibility index (Phi) is 3.53. The van der Waals surface area contributed by atoms with Gasteiger partial charge in [0.2, 0.25) is 5.91 Å². The molecule has 4 saturated carbocycles. The SMILES string of the molecule is CC(=O)Nc1ccc(C23C[C@@H]4C[C@@H](CC(c5ccccc5)(C4)C2)C3)cc1. The summed E-state index contributed by atoms with van der Waals surface area (Å²) in [6, 6.07) is 20.0. The molecule has 4 bridgehead atoms. The van der Waals surface area contributed by atoms with Gasteiger partial charge in [0.15, 0.2) is 0 Å². The van der Waals surface area contributed by atoms with E-state index in [0.717, 1.165) is 17.5 Å². The fourth-order valence-electron chi connectivity index (χ4n) is 6.84. The third kappa shape index (κ3) is 2.50. The average Bonchev–Trinajstić information content (AvgIpc) is 2.61. The van der Waals surface area contributed by atoms with Gasteiger partial charge in [0.05, 0.1) is 0 Å². The Morgan fingerprint density at radius 2 is 1.38 bits per heavy atom. The number of carbonyl (C=O) groups excluding carboxylic acids is 1. The minimum absolute atomic E-state index is 0.00409. The number of hydrogen-bond acceptors (Lipinski definition) is 1. The van der Waals surface area contributed by atoms with Crippen LogP contribution in [0.25, 0.3) is 0 Å². The van der Waals surface area contributed by atoms with Gasteiger partial charge in [0.25, 0.3) is 0 Å². The lowest BCUT2D eigenvalue weighted by atomic mass is 9.42. The normalized spacial score (nSPS) is 34.7. The number of anilines is 1. The van der Waals surface area contributed by atoms with Crippen molar-refractivity contribution in [3.63, 3.8) is 0 Å². The summed E-state index contributed by atoms with van der Waals surface area (Å²) in [7, 11) is 0. The van der Waals surface area contributed by atoms with Crippen LogP contribution in [0.5, 0.6) is 0 Å². The Morgan fingerprint density at radius 1 is 0.846 bits per heavy atom. The molecule has 4 aliphatic carbocycles. The fourth-order valence-corrected chi connectivity index (χ4v) is 6.84. The molecule has 2 heteroatoms. The van der Waals surface area contributed by atoms with Gasteiger partial charge in [0, 0.05) is 12.6 Å². The van der Waals surface area contributed by atoms with Crippen LogP contribution in [0.1, 0.15) is 56.6 Å². The zero-order valence-electron chi connectivity index (χ0n) is 15.5. The minimum Gasteiger partial charge on any atom is -0.326 e. The van der Waals surface area contributed by atoms with E-state index in [0.29, 0.717) is 10.8 Å². The molecule has 0 spiro atoms. The molecule has 2 unspecified atom stereocenters. The first-order valence-corrected chi connectivity index (χ1v) is 10.0. The maximum absolute atomic E-state index is 11.3. The van der Waals surface area contributed by atoms with Gasteiger partial charge in [-0.15, -0.1) is 0 Å². The van der Waals surface area contributed by atoms with Crippen molar-refractivity contribution in [2.45, 2.75) is 56.3 Å². The minimum atomic E-state index is -0.00409. The van der Waals surface area contributed by atoms with E-state index in [1.165, 1.54) is 44.1 Å². The van der Waals surface area contributed by atoms with Crippen molar-refractivity contribution < 1.29 is 4.79 Å². The second kappa shape index (κ2) is 5.70. The second-order valence-electron chi connectivity index (χ2n) is 9.15. The summed E-state index contributed by atoms with van der Waals surface area (Å²) in [5, 5.41) is 2.90. The highest BCUT2D eigenvalue weighted by Crippen LogP contribution is 2.66. The van der Waals surface area contributed by atoms with Crippen LogP contribution in [0.15, 0.2) is 54.6 Å². The third-order valence-electron chi connectivity index (χ3n) is 7.26. The van der Waals surface area contributed by atoms with Gasteiger partial charge in [-0.2, -0.15) is 0 Å². The highest BCUT2D eigenvalue weighted by Gasteiger charge is 2.58. The first-order valence-electron chi connectivity index (χ1n) is 10.0. The topological polar surface area (TPSA) is 29.1 Å². The van der Waals surface area contributed by atoms with E-state index >= 15 is 0 Å². The van der Waals surface area contributed by atoms with Gasteiger partial charge in [-0.1, -0.05) is 42.5 Å². The smallest absolute Gasteiger partial charge is 0.221 e. The molecular formula is C24H27NO. The monoisotopic (exact) mass is 345 g/mol. The number of amides is 1. The molecule has 4 fully saturated rings. The molecule has 2 aromatic rings. The van der Waals surface area contributed by atoms with Crippen LogP contribution in [0.2, 0.25) is 0 Å². The van der Waals surface area contributed by atoms with Crippen LogP contribution >= 0.6 is 0 Å². The molecule has 0 radical (unpaired) electrons. The first-order chi connectivity index (χ1) is 12.6. The van der Waals surface area contributed by atoms with E-state index in [4.69, 9.17) is 0 Å². The number of rotatable bonds is 3. The molecule has 0 aliphatic heterocycles. The van der Waals surface area contributed by atoms with Crippen LogP contribution in [0.3, 0.4) is 0 Å². The summed E-state index contributed by atoms with van der Waals surface area (Å²) in [5.74, 6) is 1.73. The van der Waals surface area contributed by atoms with Crippen molar-refractivity contribution in [2.75, 3.05) is 5.32 Å². The average molecular weight is 345 g/mol. The molecule has 134 valence electrons. The zero-order valence-corrected chi connectivity index (χ0v) is 15.5. The zero-order chi connectivity index (χ0) is 17.8. The molecular weight excluding hydrogens is 318 g/mol. The van der Waals surface area contributed by atoms with E-state index in [-0.39, 0.29) is 5.91 Å². The molecule has 6 rings (SSSR count). The summed E-state index contributed by atoms with van der Waals surface area (Å²) >= 11 is 0. The number of carbonyl (C=O) groups is 1. The maximum Gasteiger partial charge on any atom is 0.221 e. The van der Waals surface area contributed by atoms with Crippen LogP contribution in [0, 0.1) is 11.8 Å². The Balaban J connectivity index is 1.52. The van der Waals surface area contributed by atoms with Crippen molar-refractivity contribution in [3.05, 3.63) is 65.7 Å². The van der Waals surface area contributed by atoms with E-state index in [1.807, 2.05) is 0 Å². The molecule has 0 heterocycles. The molecule has 1 N–H and O–H groups in total. The van der Waals surface area contributed by atoms with Gasteiger partial charge in [0.1, 0.15) is 0 Å². The van der Waals surface area contributed by atoms with Crippen LogP contribution in [-0.2, 0) is 15.6 Å². The van der Waals surface area contributed by atoms with Crippen LogP contribution in [-0.4, -0.2) is 5.91 Å². The summed E-state index contributed by atoms with van der Waals surface area (Å²) in [6.07, 6.45) is 8.16. The van der Waals surface area contributed by atoms with E-state index in [1.54, 1.807) is 12.5 Å². The number of hydrogen-bond donors (Lipinski definition) is 1. The molecule has 26 heavy (non-hydrogen) atoms. The Labute approximate surface area is 156 Å². The highest BCUT2D eigenvalue weighted by molar-refractivity contribution is 5.88. The number of benzene rings is 2. The van der Waals surface area contributed by atoms with E-state index < -0.39 is 0 Å². The molecule has 0 aromatic heterocycles. The third-order valence-corrected chi connectivity index (χ3v) is 7.26. The summed E-state index contributed by atoms with van der Waals surface area (Å²) in [4.78, 5) is 11.3. The van der Waals surface area contributed by atoms with Gasteiger partial charge in [-0.3, -0.25) is 4.79 Å². The van der Waals surface area contributed by atoms with Crippen molar-refractivity contribution in [1.29, 1.82) is 0 Å². The second-order valence-corrected chi connectivity index (χ2v) is 9.15. The molecule has 4 atom stereocenters. The van der Waals surface area contributed by atoms with Gasteiger partial charge in [-0.05, 0) is 84.5 Å². The van der Waals surface area contributed by atoms with Gasteiger partial charge in [-0.25, -0.2) is 0 Å². The van der Waals surface area contributed by atoms with Crippen molar-refractivity contribution in [3.8, 4) is 0 Å². The number of nitrogens with one attached hydrogen (secondary N) is 1. The molecule has 1 amide bonds. The van der Waals surface area contributed by atoms with Crippen LogP contribution < -0.4 is 5.32 Å². The molecule has 2 nitrogen and oxygen atoms in total. The maximum atomic E-state index is 11.3. The largest absolute Gasteiger partial charge is 0.326 e. The summed E-state index contributed by atoms with van der Waals surface area (Å²) < 4.78 is 0. The highest BCUT2D eigenvalue weighted by atomic mass is 16.1. The first kappa shape index (κ1) is 16.1. The Bertz CT molecular complexity index is 809. The van der Waals surface area contributed by atoms with E-state index in [2.05, 4.69) is 59.9 Å². The molecule has 0 saturated heterocycles. The predicted molar refractivity (Wildman–Crippen MR) is 105 cm³/mol. The fraction of sp³-hybridized carbons (Fsp3) is 0.458. The molecule has 4 aliphatic rings. The van der Waals surface area contributed by atoms with Crippen LogP contribution in [0.4, 0.5) is 5.69 Å². The lowest BCUT2D eigenvalue weighted by Crippen LogP contribution is -2.55. The lowest BCUT2D eigenvalue weighted by Gasteiger charge is -2.62. The van der Waals surface area contributed by atoms with Crippen molar-refractivity contribution in [2.24, 2.45) is 11.8 Å². The predicted octanol–water partition coefficient (Wildman–Crippen LogP) is 5.43.